The number of amides is 1. The van der Waals surface area contributed by atoms with E-state index < -0.39 is 0 Å². The van der Waals surface area contributed by atoms with Gasteiger partial charge in [0.15, 0.2) is 0 Å². The zero-order valence-electron chi connectivity index (χ0n) is 14.2. The van der Waals surface area contributed by atoms with E-state index in [1.165, 1.54) is 0 Å². The maximum absolute atomic E-state index is 12.9. The van der Waals surface area contributed by atoms with Crippen molar-refractivity contribution in [3.8, 4) is 5.75 Å². The Morgan fingerprint density at radius 2 is 2.20 bits per heavy atom. The van der Waals surface area contributed by atoms with E-state index in [4.69, 9.17) is 22.1 Å². The highest BCUT2D eigenvalue weighted by Gasteiger charge is 2.35. The first-order valence-corrected chi connectivity index (χ1v) is 8.83. The van der Waals surface area contributed by atoms with Crippen LogP contribution in [0.5, 0.6) is 5.75 Å². The van der Waals surface area contributed by atoms with E-state index in [0.717, 1.165) is 24.2 Å². The number of hydrogen-bond acceptors (Lipinski definition) is 4. The molecule has 1 aliphatic rings. The van der Waals surface area contributed by atoms with E-state index in [1.807, 2.05) is 25.1 Å². The molecule has 0 radical (unpaired) electrons. The molecule has 1 fully saturated rings. The number of nitrogens with one attached hydrogen (secondary N) is 1. The summed E-state index contributed by atoms with van der Waals surface area (Å²) in [5.41, 5.74) is 7.74. The van der Waals surface area contributed by atoms with Gasteiger partial charge in [-0.15, -0.1) is 0 Å². The molecule has 132 valence electrons. The van der Waals surface area contributed by atoms with Gasteiger partial charge in [-0.05, 0) is 56.0 Å². The second kappa shape index (κ2) is 7.85. The molecular weight excluding hydrogens is 338 g/mol. The number of aryl methyl sites for hydroxylation is 1. The summed E-state index contributed by atoms with van der Waals surface area (Å²) in [6, 6.07) is 10.8. The highest BCUT2D eigenvalue weighted by molar-refractivity contribution is 6.31. The first-order valence-electron chi connectivity index (χ1n) is 8.45. The molecule has 0 bridgehead atoms. The van der Waals surface area contributed by atoms with Crippen LogP contribution in [0.15, 0.2) is 36.4 Å². The quantitative estimate of drug-likeness (QED) is 0.795. The summed E-state index contributed by atoms with van der Waals surface area (Å²) in [7, 11) is 0. The number of pyridine rings is 1. The minimum absolute atomic E-state index is 0.103. The average molecular weight is 360 g/mol. The molecule has 1 atom stereocenters. The second-order valence-electron chi connectivity index (χ2n) is 6.27. The van der Waals surface area contributed by atoms with E-state index in [0.29, 0.717) is 35.4 Å². The Bertz CT molecular complexity index is 762. The molecule has 2 aromatic rings. The van der Waals surface area contributed by atoms with Gasteiger partial charge in [-0.1, -0.05) is 17.7 Å². The predicted octanol–water partition coefficient (Wildman–Crippen LogP) is 3.26. The Morgan fingerprint density at radius 1 is 1.40 bits per heavy atom. The highest BCUT2D eigenvalue weighted by Crippen LogP contribution is 2.40. The van der Waals surface area contributed by atoms with Crippen LogP contribution in [0.4, 0.5) is 0 Å². The van der Waals surface area contributed by atoms with Gasteiger partial charge in [0.2, 0.25) is 0 Å². The number of ether oxygens (including phenoxy) is 1. The fourth-order valence-corrected chi connectivity index (χ4v) is 2.97. The first-order chi connectivity index (χ1) is 12.1. The maximum Gasteiger partial charge on any atom is 0.255 e. The maximum atomic E-state index is 12.9. The molecule has 0 spiro atoms. The SMILES string of the molecule is Cc1cccc([C@@H](NC(=O)c2cc(Cl)ccc2OCCN)C2CC2)n1. The lowest BCUT2D eigenvalue weighted by atomic mass is 10.1. The molecule has 0 aliphatic heterocycles. The van der Waals surface area contributed by atoms with Crippen molar-refractivity contribution in [1.82, 2.24) is 10.3 Å². The lowest BCUT2D eigenvalue weighted by Crippen LogP contribution is -2.31. The summed E-state index contributed by atoms with van der Waals surface area (Å²) in [5, 5.41) is 3.60. The lowest BCUT2D eigenvalue weighted by molar-refractivity contribution is 0.0926. The van der Waals surface area contributed by atoms with Crippen LogP contribution in [-0.4, -0.2) is 24.0 Å². The number of halogens is 1. The number of hydrogen-bond donors (Lipinski definition) is 2. The molecular formula is C19H22ClN3O2. The number of nitrogens with zero attached hydrogens (tertiary/aromatic N) is 1. The molecule has 0 saturated heterocycles. The first kappa shape index (κ1) is 17.7. The average Bonchev–Trinajstić information content (AvgIpc) is 3.43. The number of nitrogens with two attached hydrogens (primary N) is 1. The molecule has 3 N–H and O–H groups in total. The fraction of sp³-hybridized carbons (Fsp3) is 0.368. The van der Waals surface area contributed by atoms with Gasteiger partial charge in [0, 0.05) is 17.3 Å². The van der Waals surface area contributed by atoms with Crippen molar-refractivity contribution in [3.05, 3.63) is 58.4 Å². The Morgan fingerprint density at radius 3 is 2.88 bits per heavy atom. The second-order valence-corrected chi connectivity index (χ2v) is 6.71. The van der Waals surface area contributed by atoms with Crippen molar-refractivity contribution in [2.24, 2.45) is 11.7 Å². The molecule has 1 heterocycles. The van der Waals surface area contributed by atoms with Gasteiger partial charge < -0.3 is 15.8 Å². The topological polar surface area (TPSA) is 77.2 Å². The van der Waals surface area contributed by atoms with Crippen LogP contribution in [0.25, 0.3) is 0 Å². The number of carbonyl (C=O) groups is 1. The van der Waals surface area contributed by atoms with Gasteiger partial charge in [-0.25, -0.2) is 0 Å². The molecule has 25 heavy (non-hydrogen) atoms. The third kappa shape index (κ3) is 4.50. The molecule has 1 saturated carbocycles. The minimum atomic E-state index is -0.213. The van der Waals surface area contributed by atoms with Gasteiger partial charge in [-0.3, -0.25) is 9.78 Å². The monoisotopic (exact) mass is 359 g/mol. The van der Waals surface area contributed by atoms with Crippen LogP contribution in [-0.2, 0) is 0 Å². The number of carbonyl (C=O) groups excluding carboxylic acids is 1. The van der Waals surface area contributed by atoms with Gasteiger partial charge in [0.1, 0.15) is 12.4 Å². The Kier molecular flexibility index (Phi) is 5.56. The third-order valence-corrected chi connectivity index (χ3v) is 4.41. The van der Waals surface area contributed by atoms with Crippen molar-refractivity contribution in [2.45, 2.75) is 25.8 Å². The van der Waals surface area contributed by atoms with Gasteiger partial charge in [0.05, 0.1) is 17.3 Å². The molecule has 1 aromatic carbocycles. The van der Waals surface area contributed by atoms with E-state index in [2.05, 4.69) is 10.3 Å². The van der Waals surface area contributed by atoms with E-state index in [-0.39, 0.29) is 11.9 Å². The van der Waals surface area contributed by atoms with E-state index >= 15 is 0 Å². The highest BCUT2D eigenvalue weighted by atomic mass is 35.5. The summed E-state index contributed by atoms with van der Waals surface area (Å²) >= 11 is 6.07. The van der Waals surface area contributed by atoms with Crippen molar-refractivity contribution in [3.63, 3.8) is 0 Å². The van der Waals surface area contributed by atoms with Crippen LogP contribution in [0.3, 0.4) is 0 Å². The zero-order valence-corrected chi connectivity index (χ0v) is 14.9. The molecule has 6 heteroatoms. The Hall–Kier alpha value is -2.11. The molecule has 0 unspecified atom stereocenters. The number of aromatic nitrogens is 1. The Balaban J connectivity index is 1.83. The van der Waals surface area contributed by atoms with E-state index in [1.54, 1.807) is 18.2 Å². The molecule has 1 amide bonds. The largest absolute Gasteiger partial charge is 0.491 e. The lowest BCUT2D eigenvalue weighted by Gasteiger charge is -2.19. The predicted molar refractivity (Wildman–Crippen MR) is 97.9 cm³/mol. The third-order valence-electron chi connectivity index (χ3n) is 4.17. The Labute approximate surface area is 152 Å². The fourth-order valence-electron chi connectivity index (χ4n) is 2.79. The number of rotatable bonds is 7. The summed E-state index contributed by atoms with van der Waals surface area (Å²) in [6.07, 6.45) is 2.18. The minimum Gasteiger partial charge on any atom is -0.491 e. The van der Waals surface area contributed by atoms with Crippen LogP contribution in [0.1, 0.15) is 40.6 Å². The molecule has 3 rings (SSSR count). The van der Waals surface area contributed by atoms with Crippen LogP contribution in [0, 0.1) is 12.8 Å². The van der Waals surface area contributed by atoms with Crippen molar-refractivity contribution >= 4 is 17.5 Å². The van der Waals surface area contributed by atoms with E-state index in [9.17, 15) is 4.79 Å². The normalized spacial score (nSPS) is 14.8. The molecule has 5 nitrogen and oxygen atoms in total. The van der Waals surface area contributed by atoms with Crippen LogP contribution in [0.2, 0.25) is 5.02 Å². The zero-order chi connectivity index (χ0) is 17.8. The summed E-state index contributed by atoms with van der Waals surface area (Å²) in [4.78, 5) is 17.5. The van der Waals surface area contributed by atoms with Crippen molar-refractivity contribution in [2.75, 3.05) is 13.2 Å². The van der Waals surface area contributed by atoms with Crippen LogP contribution >= 0.6 is 11.6 Å². The van der Waals surface area contributed by atoms with Gasteiger partial charge in [-0.2, -0.15) is 0 Å². The molecule has 1 aromatic heterocycles. The van der Waals surface area contributed by atoms with Crippen molar-refractivity contribution in [1.29, 1.82) is 0 Å². The summed E-state index contributed by atoms with van der Waals surface area (Å²) in [6.45, 7) is 2.67. The standard InChI is InChI=1S/C19H22ClN3O2/c1-12-3-2-4-16(22-12)18(13-5-6-13)23-19(24)15-11-14(20)7-8-17(15)25-10-9-21/h2-4,7-8,11,13,18H,5-6,9-10,21H2,1H3,(H,23,24)/t18-/m0/s1. The van der Waals surface area contributed by atoms with Crippen LogP contribution < -0.4 is 15.8 Å². The van der Waals surface area contributed by atoms with Gasteiger partial charge in [0.25, 0.3) is 5.91 Å². The van der Waals surface area contributed by atoms with Gasteiger partial charge >= 0.3 is 0 Å². The smallest absolute Gasteiger partial charge is 0.255 e. The number of benzene rings is 1. The summed E-state index contributed by atoms with van der Waals surface area (Å²) < 4.78 is 5.58. The molecule has 1 aliphatic carbocycles. The summed E-state index contributed by atoms with van der Waals surface area (Å²) in [5.74, 6) is 0.694. The van der Waals surface area contributed by atoms with Crippen molar-refractivity contribution < 1.29 is 9.53 Å².